The maximum Gasteiger partial charge on any atom is 0.240 e. The molecule has 20 heavy (non-hydrogen) atoms. The van der Waals surface area contributed by atoms with Crippen LogP contribution < -0.4 is 15.2 Å². The van der Waals surface area contributed by atoms with Crippen LogP contribution in [0, 0.1) is 6.92 Å². The summed E-state index contributed by atoms with van der Waals surface area (Å²) >= 11 is 0. The van der Waals surface area contributed by atoms with Gasteiger partial charge in [-0.2, -0.15) is 0 Å². The van der Waals surface area contributed by atoms with Gasteiger partial charge in [-0.25, -0.2) is 26.3 Å². The number of benzene rings is 1. The van der Waals surface area contributed by atoms with Gasteiger partial charge in [0.2, 0.25) is 20.0 Å². The second-order valence-electron chi connectivity index (χ2n) is 4.39. The van der Waals surface area contributed by atoms with Gasteiger partial charge in [-0.3, -0.25) is 0 Å². The molecule has 0 aromatic heterocycles. The van der Waals surface area contributed by atoms with Crippen LogP contribution >= 0.6 is 0 Å². The van der Waals surface area contributed by atoms with E-state index in [9.17, 15) is 16.8 Å². The maximum absolute atomic E-state index is 12.1. The summed E-state index contributed by atoms with van der Waals surface area (Å²) in [7, 11) is -6.88. The van der Waals surface area contributed by atoms with Crippen LogP contribution in [-0.4, -0.2) is 36.2 Å². The Kier molecular flexibility index (Phi) is 5.51. The Morgan fingerprint density at radius 2 is 1.70 bits per heavy atom. The normalized spacial score (nSPS) is 12.5. The maximum atomic E-state index is 12.1. The molecule has 0 spiro atoms. The first-order valence-electron chi connectivity index (χ1n) is 5.93. The molecule has 0 heterocycles. The molecule has 0 amide bonds. The van der Waals surface area contributed by atoms with Gasteiger partial charge in [0.25, 0.3) is 0 Å². The lowest BCUT2D eigenvalue weighted by Crippen LogP contribution is -2.29. The Morgan fingerprint density at radius 3 is 2.30 bits per heavy atom. The molecule has 0 radical (unpaired) electrons. The van der Waals surface area contributed by atoms with Crippen LogP contribution in [0.5, 0.6) is 0 Å². The summed E-state index contributed by atoms with van der Waals surface area (Å²) in [6.45, 7) is 1.95. The van der Waals surface area contributed by atoms with Crippen LogP contribution in [0.3, 0.4) is 0 Å². The average molecular weight is 321 g/mol. The van der Waals surface area contributed by atoms with E-state index in [-0.39, 0.29) is 18.0 Å². The first-order valence-corrected chi connectivity index (χ1v) is 9.30. The van der Waals surface area contributed by atoms with Crippen LogP contribution in [0.2, 0.25) is 0 Å². The van der Waals surface area contributed by atoms with Gasteiger partial charge in [0.05, 0.1) is 11.2 Å². The van der Waals surface area contributed by atoms with Gasteiger partial charge in [-0.05, 0) is 31.0 Å². The van der Waals surface area contributed by atoms with Crippen LogP contribution in [0.1, 0.15) is 12.0 Å². The number of nitrogen functional groups attached to an aromatic ring is 1. The molecule has 0 unspecified atom stereocenters. The van der Waals surface area contributed by atoms with Gasteiger partial charge >= 0.3 is 0 Å². The van der Waals surface area contributed by atoms with Crippen molar-refractivity contribution in [3.63, 3.8) is 0 Å². The lowest BCUT2D eigenvalue weighted by Gasteiger charge is -2.10. The monoisotopic (exact) mass is 321 g/mol. The quantitative estimate of drug-likeness (QED) is 0.474. The second-order valence-corrected chi connectivity index (χ2v) is 7.96. The van der Waals surface area contributed by atoms with Crippen molar-refractivity contribution in [3.05, 3.63) is 23.8 Å². The number of rotatable bonds is 7. The summed E-state index contributed by atoms with van der Waals surface area (Å²) in [5.74, 6) is 0. The highest BCUT2D eigenvalue weighted by molar-refractivity contribution is 7.89. The Labute approximate surface area is 119 Å². The number of anilines is 1. The van der Waals surface area contributed by atoms with Crippen molar-refractivity contribution >= 4 is 25.7 Å². The molecule has 0 atom stereocenters. The standard InChI is InChI=1S/C11H19N3O4S2/c1-9-10(12)5-3-6-11(9)20(17,18)14-8-4-7-13-19(2,15)16/h3,5-6,13-14H,4,7-8,12H2,1-2H3. The van der Waals surface area contributed by atoms with Crippen LogP contribution in [0.15, 0.2) is 23.1 Å². The molecule has 4 N–H and O–H groups in total. The highest BCUT2D eigenvalue weighted by Gasteiger charge is 2.17. The number of nitrogens with two attached hydrogens (primary N) is 1. The summed E-state index contributed by atoms with van der Waals surface area (Å²) in [6, 6.07) is 4.68. The molecule has 0 saturated heterocycles. The Balaban J connectivity index is 2.61. The van der Waals surface area contributed by atoms with Crippen LogP contribution in [0.4, 0.5) is 5.69 Å². The van der Waals surface area contributed by atoms with E-state index in [4.69, 9.17) is 5.73 Å². The van der Waals surface area contributed by atoms with E-state index in [1.165, 1.54) is 6.07 Å². The fraction of sp³-hybridized carbons (Fsp3) is 0.455. The fourth-order valence-electron chi connectivity index (χ4n) is 1.55. The number of hydrogen-bond acceptors (Lipinski definition) is 5. The molecular formula is C11H19N3O4S2. The molecule has 0 saturated carbocycles. The number of sulfonamides is 2. The van der Waals surface area contributed by atoms with Crippen molar-refractivity contribution in [2.24, 2.45) is 0 Å². The van der Waals surface area contributed by atoms with Crippen molar-refractivity contribution in [1.82, 2.24) is 9.44 Å². The number of hydrogen-bond donors (Lipinski definition) is 3. The third-order valence-electron chi connectivity index (χ3n) is 2.63. The van der Waals surface area contributed by atoms with E-state index in [1.807, 2.05) is 0 Å². The zero-order chi connectivity index (χ0) is 15.4. The minimum Gasteiger partial charge on any atom is -0.398 e. The molecule has 0 bridgehead atoms. The van der Waals surface area contributed by atoms with Gasteiger partial charge in [0.15, 0.2) is 0 Å². The summed E-state index contributed by atoms with van der Waals surface area (Å²) in [5.41, 5.74) is 6.58. The van der Waals surface area contributed by atoms with E-state index >= 15 is 0 Å². The molecule has 9 heteroatoms. The van der Waals surface area contributed by atoms with E-state index in [0.717, 1.165) is 6.26 Å². The van der Waals surface area contributed by atoms with Gasteiger partial charge in [-0.1, -0.05) is 6.07 Å². The van der Waals surface area contributed by atoms with Crippen molar-refractivity contribution in [2.75, 3.05) is 25.1 Å². The van der Waals surface area contributed by atoms with Gasteiger partial charge in [0.1, 0.15) is 0 Å². The number of nitrogens with one attached hydrogen (secondary N) is 2. The molecule has 7 nitrogen and oxygen atoms in total. The van der Waals surface area contributed by atoms with Crippen molar-refractivity contribution < 1.29 is 16.8 Å². The molecule has 0 aliphatic rings. The average Bonchev–Trinajstić information content (AvgIpc) is 2.30. The van der Waals surface area contributed by atoms with Crippen molar-refractivity contribution in [2.45, 2.75) is 18.2 Å². The molecule has 1 aromatic rings. The topological polar surface area (TPSA) is 118 Å². The lowest BCUT2D eigenvalue weighted by atomic mass is 10.2. The Bertz CT molecular complexity index is 669. The molecule has 114 valence electrons. The van der Waals surface area contributed by atoms with E-state index in [0.29, 0.717) is 17.7 Å². The molecule has 1 rings (SSSR count). The zero-order valence-electron chi connectivity index (χ0n) is 11.4. The van der Waals surface area contributed by atoms with Crippen molar-refractivity contribution in [1.29, 1.82) is 0 Å². The van der Waals surface area contributed by atoms with Crippen LogP contribution in [0.25, 0.3) is 0 Å². The second kappa shape index (κ2) is 6.53. The smallest absolute Gasteiger partial charge is 0.240 e. The van der Waals surface area contributed by atoms with E-state index < -0.39 is 20.0 Å². The summed E-state index contributed by atoms with van der Waals surface area (Å²) in [5, 5.41) is 0. The lowest BCUT2D eigenvalue weighted by molar-refractivity contribution is 0.574. The molecule has 0 aliphatic heterocycles. The first-order chi connectivity index (χ1) is 9.13. The summed E-state index contributed by atoms with van der Waals surface area (Å²) < 4.78 is 50.5. The van der Waals surface area contributed by atoms with Gasteiger partial charge in [-0.15, -0.1) is 0 Å². The minimum atomic E-state index is -3.64. The van der Waals surface area contributed by atoms with Crippen LogP contribution in [-0.2, 0) is 20.0 Å². The SMILES string of the molecule is Cc1c(N)cccc1S(=O)(=O)NCCCNS(C)(=O)=O. The Morgan fingerprint density at radius 1 is 1.10 bits per heavy atom. The van der Waals surface area contributed by atoms with Gasteiger partial charge in [0, 0.05) is 18.8 Å². The minimum absolute atomic E-state index is 0.133. The van der Waals surface area contributed by atoms with E-state index in [1.54, 1.807) is 19.1 Å². The zero-order valence-corrected chi connectivity index (χ0v) is 13.0. The van der Waals surface area contributed by atoms with Gasteiger partial charge < -0.3 is 5.73 Å². The summed E-state index contributed by atoms with van der Waals surface area (Å²) in [4.78, 5) is 0.133. The molecule has 1 aromatic carbocycles. The largest absolute Gasteiger partial charge is 0.398 e. The highest BCUT2D eigenvalue weighted by Crippen LogP contribution is 2.19. The highest BCUT2D eigenvalue weighted by atomic mass is 32.2. The Hall–Kier alpha value is -1.16. The molecule has 0 aliphatic carbocycles. The van der Waals surface area contributed by atoms with E-state index in [2.05, 4.69) is 9.44 Å². The van der Waals surface area contributed by atoms with Crippen molar-refractivity contribution in [3.8, 4) is 0 Å². The predicted octanol–water partition coefficient (Wildman–Crippen LogP) is -0.205. The fourth-order valence-corrected chi connectivity index (χ4v) is 3.42. The summed E-state index contributed by atoms with van der Waals surface area (Å²) in [6.07, 6.45) is 1.40. The predicted molar refractivity (Wildman–Crippen MR) is 78.2 cm³/mol. The first kappa shape index (κ1) is 16.9. The molecular weight excluding hydrogens is 302 g/mol. The molecule has 0 fully saturated rings. The third kappa shape index (κ3) is 5.08. The third-order valence-corrected chi connectivity index (χ3v) is 4.96.